The van der Waals surface area contributed by atoms with Crippen molar-refractivity contribution in [2.24, 2.45) is 23.7 Å². The number of hydrogen-bond donors (Lipinski definition) is 1. The van der Waals surface area contributed by atoms with Gasteiger partial charge in [0, 0.05) is 25.0 Å². The van der Waals surface area contributed by atoms with Crippen LogP contribution in [0.4, 0.5) is 5.69 Å². The molecule has 34 heavy (non-hydrogen) atoms. The van der Waals surface area contributed by atoms with Gasteiger partial charge in [-0.1, -0.05) is 26.0 Å². The zero-order valence-electron chi connectivity index (χ0n) is 20.3. The zero-order chi connectivity index (χ0) is 24.3. The number of fused-ring (bicyclic) bond motifs is 2. The summed E-state index contributed by atoms with van der Waals surface area (Å²) in [4.78, 5) is 24.9. The van der Waals surface area contributed by atoms with Gasteiger partial charge in [-0.05, 0) is 62.5 Å². The van der Waals surface area contributed by atoms with E-state index in [0.717, 1.165) is 31.9 Å². The average Bonchev–Trinajstić information content (AvgIpc) is 3.01. The van der Waals surface area contributed by atoms with Crippen molar-refractivity contribution in [3.8, 4) is 0 Å². The van der Waals surface area contributed by atoms with E-state index in [0.29, 0.717) is 23.9 Å². The van der Waals surface area contributed by atoms with Crippen molar-refractivity contribution in [1.29, 1.82) is 0 Å². The normalized spacial score (nSPS) is 41.4. The van der Waals surface area contributed by atoms with Crippen LogP contribution in [0, 0.1) is 23.7 Å². The van der Waals surface area contributed by atoms with Crippen LogP contribution in [0.3, 0.4) is 0 Å². The second-order valence-electron chi connectivity index (χ2n) is 10.8. The van der Waals surface area contributed by atoms with Crippen LogP contribution >= 0.6 is 0 Å². The van der Waals surface area contributed by atoms with E-state index in [9.17, 15) is 13.2 Å². The van der Waals surface area contributed by atoms with Crippen LogP contribution in [-0.4, -0.2) is 44.4 Å². The van der Waals surface area contributed by atoms with E-state index in [4.69, 9.17) is 19.2 Å². The number of para-hydroxylation sites is 1. The number of ether oxygens (including phenoxy) is 2. The van der Waals surface area contributed by atoms with Crippen LogP contribution in [0.1, 0.15) is 59.3 Å². The number of anilines is 1. The number of hydrogen-bond acceptors (Lipinski definition) is 7. The van der Waals surface area contributed by atoms with Gasteiger partial charge in [-0.15, -0.1) is 0 Å². The first-order valence-electron chi connectivity index (χ1n) is 12.3. The van der Waals surface area contributed by atoms with Crippen molar-refractivity contribution in [2.75, 3.05) is 11.6 Å². The minimum absolute atomic E-state index is 0.114. The molecule has 8 nitrogen and oxygen atoms in total. The highest BCUT2D eigenvalue weighted by atomic mass is 32.2. The van der Waals surface area contributed by atoms with Crippen LogP contribution in [0.15, 0.2) is 29.2 Å². The molecular weight excluding hydrogens is 458 g/mol. The van der Waals surface area contributed by atoms with E-state index in [2.05, 4.69) is 19.2 Å². The maximum atomic E-state index is 12.8. The van der Waals surface area contributed by atoms with Gasteiger partial charge in [-0.25, -0.2) is 18.2 Å². The first-order valence-corrected chi connectivity index (χ1v) is 14.2. The minimum atomic E-state index is -3.45. The fraction of sp³-hybridized carbons (Fsp3) is 0.720. The van der Waals surface area contributed by atoms with Gasteiger partial charge in [0.15, 0.2) is 21.7 Å². The molecule has 5 aliphatic rings. The first kappa shape index (κ1) is 24.2. The van der Waals surface area contributed by atoms with Crippen LogP contribution in [0.2, 0.25) is 0 Å². The number of carbonyl (C=O) groups excluding carboxylic acids is 1. The molecule has 5 fully saturated rings. The Hall–Kier alpha value is -1.52. The van der Waals surface area contributed by atoms with Gasteiger partial charge in [0.2, 0.25) is 11.7 Å². The zero-order valence-corrected chi connectivity index (χ0v) is 21.1. The quantitative estimate of drug-likeness (QED) is 0.618. The monoisotopic (exact) mass is 493 g/mol. The third-order valence-corrected chi connectivity index (χ3v) is 9.67. The highest BCUT2D eigenvalue weighted by Crippen LogP contribution is 2.60. The fourth-order valence-electron chi connectivity index (χ4n) is 6.69. The molecule has 2 bridgehead atoms. The molecule has 4 aliphatic heterocycles. The molecule has 1 N–H and O–H groups in total. The molecule has 1 saturated carbocycles. The van der Waals surface area contributed by atoms with Crippen molar-refractivity contribution in [1.82, 2.24) is 0 Å². The fourth-order valence-corrected chi connectivity index (χ4v) is 7.53. The Kier molecular flexibility index (Phi) is 6.08. The molecule has 9 heteroatoms. The number of benzene rings is 1. The largest absolute Gasteiger partial charge is 0.346 e. The molecule has 188 valence electrons. The van der Waals surface area contributed by atoms with Gasteiger partial charge in [0.05, 0.1) is 16.7 Å². The van der Waals surface area contributed by atoms with Crippen molar-refractivity contribution in [3.63, 3.8) is 0 Å². The van der Waals surface area contributed by atoms with Crippen LogP contribution < -0.4 is 5.32 Å². The van der Waals surface area contributed by atoms with Crippen LogP contribution in [0.5, 0.6) is 0 Å². The van der Waals surface area contributed by atoms with Gasteiger partial charge < -0.3 is 14.8 Å². The van der Waals surface area contributed by atoms with Gasteiger partial charge in [0.25, 0.3) is 0 Å². The molecule has 1 amide bonds. The number of amides is 1. The predicted molar refractivity (Wildman–Crippen MR) is 124 cm³/mol. The molecule has 6 rings (SSSR count). The Balaban J connectivity index is 1.31. The maximum Gasteiger partial charge on any atom is 0.224 e. The van der Waals surface area contributed by atoms with E-state index >= 15 is 0 Å². The Morgan fingerprint density at radius 3 is 2.65 bits per heavy atom. The van der Waals surface area contributed by atoms with Crippen molar-refractivity contribution < 1.29 is 32.5 Å². The SMILES string of the molecule is C[C@H]1[C@@H](CCC(=O)Nc2ccccc2S(C)(=O)=O)O[C@@H]2OC3(C)CC[C@H]4[C@H](C)CC[C@@H]1[C@@]24OO3. The number of sulfone groups is 1. The van der Waals surface area contributed by atoms with E-state index in [1.807, 2.05) is 6.92 Å². The summed E-state index contributed by atoms with van der Waals surface area (Å²) in [6.45, 7) is 6.36. The molecule has 4 heterocycles. The van der Waals surface area contributed by atoms with Crippen molar-refractivity contribution in [3.05, 3.63) is 24.3 Å². The molecule has 1 spiro atoms. The number of rotatable bonds is 5. The molecular formula is C25H35NO7S. The van der Waals surface area contributed by atoms with E-state index in [1.165, 1.54) is 6.07 Å². The lowest BCUT2D eigenvalue weighted by Gasteiger charge is -2.60. The summed E-state index contributed by atoms with van der Waals surface area (Å²) < 4.78 is 37.0. The van der Waals surface area contributed by atoms with Crippen molar-refractivity contribution >= 4 is 21.4 Å². The van der Waals surface area contributed by atoms with Crippen LogP contribution in [-0.2, 0) is 33.9 Å². The third kappa shape index (κ3) is 3.99. The molecule has 1 aliphatic carbocycles. The molecule has 4 saturated heterocycles. The van der Waals surface area contributed by atoms with E-state index in [-0.39, 0.29) is 35.2 Å². The minimum Gasteiger partial charge on any atom is -0.346 e. The number of carbonyl (C=O) groups is 1. The summed E-state index contributed by atoms with van der Waals surface area (Å²) in [6.07, 6.45) is 5.04. The maximum absolute atomic E-state index is 12.8. The smallest absolute Gasteiger partial charge is 0.224 e. The standard InChI is InChI=1S/C25H35NO7S/c1-15-9-10-18-16(2)20(30-23-25(18)17(15)13-14-24(3,31-23)32-33-25)11-12-22(27)26-19-7-5-6-8-21(19)34(4,28)29/h5-8,15-18,20,23H,9-14H2,1-4H3,(H,26,27)/t15-,16-,17+,18+,20-,23-,24?,25-/m1/s1. The number of nitrogens with one attached hydrogen (secondary N) is 1. The summed E-state index contributed by atoms with van der Waals surface area (Å²) in [5.41, 5.74) is -0.307. The average molecular weight is 494 g/mol. The Labute approximate surface area is 201 Å². The molecule has 0 radical (unpaired) electrons. The molecule has 0 aromatic heterocycles. The predicted octanol–water partition coefficient (Wildman–Crippen LogP) is 4.06. The van der Waals surface area contributed by atoms with E-state index in [1.54, 1.807) is 18.2 Å². The second-order valence-corrected chi connectivity index (χ2v) is 12.8. The lowest BCUT2D eigenvalue weighted by Crippen LogP contribution is -2.70. The lowest BCUT2D eigenvalue weighted by atomic mass is 9.57. The summed E-state index contributed by atoms with van der Waals surface area (Å²) in [5.74, 6) is 0.123. The Morgan fingerprint density at radius 1 is 1.12 bits per heavy atom. The molecule has 8 atom stereocenters. The van der Waals surface area contributed by atoms with Crippen molar-refractivity contribution in [2.45, 2.75) is 88.0 Å². The first-order chi connectivity index (χ1) is 16.0. The summed E-state index contributed by atoms with van der Waals surface area (Å²) in [7, 11) is -3.45. The second kappa shape index (κ2) is 8.55. The summed E-state index contributed by atoms with van der Waals surface area (Å²) >= 11 is 0. The van der Waals surface area contributed by atoms with E-state index < -0.39 is 27.5 Å². The van der Waals surface area contributed by atoms with Gasteiger partial charge >= 0.3 is 0 Å². The van der Waals surface area contributed by atoms with Crippen LogP contribution in [0.25, 0.3) is 0 Å². The Morgan fingerprint density at radius 2 is 1.88 bits per heavy atom. The van der Waals surface area contributed by atoms with Gasteiger partial charge in [0.1, 0.15) is 0 Å². The summed E-state index contributed by atoms with van der Waals surface area (Å²) in [6, 6.07) is 6.45. The molecule has 1 unspecified atom stereocenters. The highest BCUT2D eigenvalue weighted by Gasteiger charge is 2.69. The summed E-state index contributed by atoms with van der Waals surface area (Å²) in [5, 5.41) is 2.77. The Bertz CT molecular complexity index is 1060. The van der Waals surface area contributed by atoms with Gasteiger partial charge in [-0.2, -0.15) is 0 Å². The van der Waals surface area contributed by atoms with Gasteiger partial charge in [-0.3, -0.25) is 4.79 Å². The third-order valence-electron chi connectivity index (χ3n) is 8.51. The molecule has 1 aromatic carbocycles. The highest BCUT2D eigenvalue weighted by molar-refractivity contribution is 7.90. The lowest BCUT2D eigenvalue weighted by molar-refractivity contribution is -0.571. The topological polar surface area (TPSA) is 100 Å². The molecule has 1 aromatic rings.